The van der Waals surface area contributed by atoms with E-state index in [-0.39, 0.29) is 6.10 Å². The van der Waals surface area contributed by atoms with Crippen molar-refractivity contribution in [1.82, 2.24) is 10.2 Å². The molecule has 2 heterocycles. The third-order valence-corrected chi connectivity index (χ3v) is 4.66. The average molecular weight is 274 g/mol. The van der Waals surface area contributed by atoms with Crippen LogP contribution in [0.5, 0.6) is 0 Å². The van der Waals surface area contributed by atoms with Crippen molar-refractivity contribution in [3.05, 3.63) is 35.4 Å². The summed E-state index contributed by atoms with van der Waals surface area (Å²) < 4.78 is 5.81. The van der Waals surface area contributed by atoms with Crippen LogP contribution >= 0.6 is 0 Å². The Labute approximate surface area is 122 Å². The highest BCUT2D eigenvalue weighted by atomic mass is 16.5. The summed E-state index contributed by atoms with van der Waals surface area (Å²) >= 11 is 0. The second-order valence-corrected chi connectivity index (χ2v) is 6.16. The summed E-state index contributed by atoms with van der Waals surface area (Å²) in [5, 5.41) is 3.39. The summed E-state index contributed by atoms with van der Waals surface area (Å²) in [5.74, 6) is 0.736. The second-order valence-electron chi connectivity index (χ2n) is 6.16. The van der Waals surface area contributed by atoms with Gasteiger partial charge >= 0.3 is 0 Å². The SMILES string of the molecule is CN1CCCC(c2ccc(C3CNCCO3)cc2)CC1. The molecule has 110 valence electrons. The molecular formula is C17H26N2O. The minimum atomic E-state index is 0.234. The summed E-state index contributed by atoms with van der Waals surface area (Å²) in [5.41, 5.74) is 2.82. The number of nitrogens with one attached hydrogen (secondary N) is 1. The van der Waals surface area contributed by atoms with Gasteiger partial charge in [-0.05, 0) is 56.4 Å². The van der Waals surface area contributed by atoms with Gasteiger partial charge in [-0.15, -0.1) is 0 Å². The molecule has 2 atom stereocenters. The normalized spacial score (nSPS) is 29.1. The maximum absolute atomic E-state index is 5.81. The van der Waals surface area contributed by atoms with Crippen molar-refractivity contribution in [2.45, 2.75) is 31.3 Å². The van der Waals surface area contributed by atoms with E-state index >= 15 is 0 Å². The molecule has 1 aromatic carbocycles. The number of benzene rings is 1. The molecule has 2 saturated heterocycles. The molecular weight excluding hydrogens is 248 g/mol. The van der Waals surface area contributed by atoms with Crippen LogP contribution in [0.4, 0.5) is 0 Å². The molecule has 0 amide bonds. The zero-order chi connectivity index (χ0) is 13.8. The van der Waals surface area contributed by atoms with E-state index in [9.17, 15) is 0 Å². The fourth-order valence-electron chi connectivity index (χ4n) is 3.34. The number of likely N-dealkylation sites (tertiary alicyclic amines) is 1. The van der Waals surface area contributed by atoms with Gasteiger partial charge in [0.15, 0.2) is 0 Å². The van der Waals surface area contributed by atoms with Crippen molar-refractivity contribution in [1.29, 1.82) is 0 Å². The lowest BCUT2D eigenvalue weighted by atomic mass is 9.91. The van der Waals surface area contributed by atoms with Gasteiger partial charge in [-0.1, -0.05) is 24.3 Å². The Morgan fingerprint density at radius 1 is 1.10 bits per heavy atom. The van der Waals surface area contributed by atoms with Crippen LogP contribution in [0.3, 0.4) is 0 Å². The first-order chi connectivity index (χ1) is 9.83. The van der Waals surface area contributed by atoms with Gasteiger partial charge in [0.1, 0.15) is 0 Å². The Hall–Kier alpha value is -0.900. The van der Waals surface area contributed by atoms with E-state index < -0.39 is 0 Å². The van der Waals surface area contributed by atoms with Crippen molar-refractivity contribution in [3.63, 3.8) is 0 Å². The first-order valence-corrected chi connectivity index (χ1v) is 7.93. The van der Waals surface area contributed by atoms with E-state index in [1.165, 1.54) is 43.5 Å². The number of hydrogen-bond acceptors (Lipinski definition) is 3. The van der Waals surface area contributed by atoms with Gasteiger partial charge in [0.05, 0.1) is 12.7 Å². The zero-order valence-corrected chi connectivity index (χ0v) is 12.5. The van der Waals surface area contributed by atoms with E-state index in [0.29, 0.717) is 0 Å². The molecule has 3 rings (SSSR count). The Morgan fingerprint density at radius 3 is 2.65 bits per heavy atom. The highest BCUT2D eigenvalue weighted by Gasteiger charge is 2.18. The molecule has 3 heteroatoms. The fraction of sp³-hybridized carbons (Fsp3) is 0.647. The van der Waals surface area contributed by atoms with Crippen LogP contribution in [-0.4, -0.2) is 44.7 Å². The topological polar surface area (TPSA) is 24.5 Å². The van der Waals surface area contributed by atoms with Crippen LogP contribution in [0.1, 0.15) is 42.4 Å². The maximum atomic E-state index is 5.81. The van der Waals surface area contributed by atoms with Crippen LogP contribution in [-0.2, 0) is 4.74 Å². The van der Waals surface area contributed by atoms with E-state index in [1.807, 2.05) is 0 Å². The minimum absolute atomic E-state index is 0.234. The minimum Gasteiger partial charge on any atom is -0.371 e. The standard InChI is InChI=1S/C17H26N2O/c1-19-10-2-3-14(8-11-19)15-4-6-16(7-5-15)17-13-18-9-12-20-17/h4-7,14,17-18H,2-3,8-13H2,1H3. The summed E-state index contributed by atoms with van der Waals surface area (Å²) in [6, 6.07) is 9.18. The molecule has 2 aliphatic rings. The summed E-state index contributed by atoms with van der Waals surface area (Å²) in [6.45, 7) is 5.21. The summed E-state index contributed by atoms with van der Waals surface area (Å²) in [7, 11) is 2.24. The van der Waals surface area contributed by atoms with E-state index in [2.05, 4.69) is 41.5 Å². The number of ether oxygens (including phenoxy) is 1. The molecule has 2 aliphatic heterocycles. The van der Waals surface area contributed by atoms with Crippen LogP contribution in [0, 0.1) is 0 Å². The van der Waals surface area contributed by atoms with Gasteiger partial charge in [-0.2, -0.15) is 0 Å². The van der Waals surface area contributed by atoms with Crippen molar-refractivity contribution >= 4 is 0 Å². The molecule has 0 aromatic heterocycles. The molecule has 0 spiro atoms. The first kappa shape index (κ1) is 14.1. The Kier molecular flexibility index (Phi) is 4.71. The van der Waals surface area contributed by atoms with Gasteiger partial charge in [0.25, 0.3) is 0 Å². The number of nitrogens with zero attached hydrogens (tertiary/aromatic N) is 1. The van der Waals surface area contributed by atoms with E-state index in [4.69, 9.17) is 4.74 Å². The first-order valence-electron chi connectivity index (χ1n) is 7.93. The maximum Gasteiger partial charge on any atom is 0.0949 e. The van der Waals surface area contributed by atoms with Gasteiger partial charge in [0.2, 0.25) is 0 Å². The monoisotopic (exact) mass is 274 g/mol. The Morgan fingerprint density at radius 2 is 1.90 bits per heavy atom. The zero-order valence-electron chi connectivity index (χ0n) is 12.5. The molecule has 0 saturated carbocycles. The molecule has 0 radical (unpaired) electrons. The third-order valence-electron chi connectivity index (χ3n) is 4.66. The summed E-state index contributed by atoms with van der Waals surface area (Å²) in [6.07, 6.45) is 4.17. The lowest BCUT2D eigenvalue weighted by Crippen LogP contribution is -2.33. The van der Waals surface area contributed by atoms with Crippen LogP contribution in [0.25, 0.3) is 0 Å². The predicted molar refractivity (Wildman–Crippen MR) is 82.1 cm³/mol. The Bertz CT molecular complexity index is 412. The van der Waals surface area contributed by atoms with Crippen LogP contribution in [0.2, 0.25) is 0 Å². The molecule has 2 unspecified atom stereocenters. The molecule has 0 aliphatic carbocycles. The third kappa shape index (κ3) is 3.40. The lowest BCUT2D eigenvalue weighted by molar-refractivity contribution is 0.0277. The molecule has 1 N–H and O–H groups in total. The average Bonchev–Trinajstić information content (AvgIpc) is 2.73. The second kappa shape index (κ2) is 6.70. The molecule has 1 aromatic rings. The highest BCUT2D eigenvalue weighted by Crippen LogP contribution is 2.29. The Balaban J connectivity index is 1.65. The number of hydrogen-bond donors (Lipinski definition) is 1. The molecule has 2 fully saturated rings. The smallest absolute Gasteiger partial charge is 0.0949 e. The number of rotatable bonds is 2. The molecule has 20 heavy (non-hydrogen) atoms. The summed E-state index contributed by atoms with van der Waals surface area (Å²) in [4.78, 5) is 2.45. The fourth-order valence-corrected chi connectivity index (χ4v) is 3.34. The van der Waals surface area contributed by atoms with Crippen molar-refractivity contribution in [3.8, 4) is 0 Å². The molecule has 3 nitrogen and oxygen atoms in total. The van der Waals surface area contributed by atoms with E-state index in [0.717, 1.165) is 25.6 Å². The molecule has 0 bridgehead atoms. The largest absolute Gasteiger partial charge is 0.371 e. The van der Waals surface area contributed by atoms with Crippen molar-refractivity contribution < 1.29 is 4.74 Å². The van der Waals surface area contributed by atoms with Gasteiger partial charge < -0.3 is 15.0 Å². The quantitative estimate of drug-likeness (QED) is 0.897. The van der Waals surface area contributed by atoms with Crippen molar-refractivity contribution in [2.75, 3.05) is 39.8 Å². The highest BCUT2D eigenvalue weighted by molar-refractivity contribution is 5.27. The van der Waals surface area contributed by atoms with Gasteiger partial charge in [0, 0.05) is 13.1 Å². The van der Waals surface area contributed by atoms with Gasteiger partial charge in [-0.25, -0.2) is 0 Å². The number of morpholine rings is 1. The lowest BCUT2D eigenvalue weighted by Gasteiger charge is -2.24. The van der Waals surface area contributed by atoms with Crippen LogP contribution in [0.15, 0.2) is 24.3 Å². The van der Waals surface area contributed by atoms with Crippen LogP contribution < -0.4 is 5.32 Å². The van der Waals surface area contributed by atoms with Crippen molar-refractivity contribution in [2.24, 2.45) is 0 Å². The van der Waals surface area contributed by atoms with Gasteiger partial charge in [-0.3, -0.25) is 0 Å². The van der Waals surface area contributed by atoms with E-state index in [1.54, 1.807) is 0 Å². The predicted octanol–water partition coefficient (Wildman–Crippen LogP) is 2.55.